The van der Waals surface area contributed by atoms with Crippen LogP contribution in [0.1, 0.15) is 49.9 Å². The summed E-state index contributed by atoms with van der Waals surface area (Å²) in [6, 6.07) is 21.0. The van der Waals surface area contributed by atoms with Gasteiger partial charge in [-0.05, 0) is 82.2 Å². The van der Waals surface area contributed by atoms with E-state index >= 15 is 0 Å². The topological polar surface area (TPSA) is 0 Å². The summed E-state index contributed by atoms with van der Waals surface area (Å²) in [5, 5.41) is 3.28. The molecule has 0 fully saturated rings. The third kappa shape index (κ3) is 4.19. The van der Waals surface area contributed by atoms with Gasteiger partial charge in [0, 0.05) is 0 Å². The van der Waals surface area contributed by atoms with Gasteiger partial charge in [0.15, 0.2) is 0 Å². The highest BCUT2D eigenvalue weighted by Gasteiger charge is 2.25. The molecule has 1 heteroatoms. The summed E-state index contributed by atoms with van der Waals surface area (Å²) in [5.74, 6) is 0.582. The molecule has 164 valence electrons. The lowest BCUT2D eigenvalue weighted by Gasteiger charge is -2.20. The highest BCUT2D eigenvalue weighted by atomic mass is 28.2. The first-order chi connectivity index (χ1) is 15.2. The Morgan fingerprint density at radius 2 is 1.16 bits per heavy atom. The molecule has 0 heterocycles. The molecule has 4 rings (SSSR count). The number of allylic oxidation sites excluding steroid dienone is 4. The summed E-state index contributed by atoms with van der Waals surface area (Å²) >= 11 is 0. The molecule has 0 radical (unpaired) electrons. The lowest BCUT2D eigenvalue weighted by molar-refractivity contribution is 0.856. The molecular weight excluding hydrogens is 400 g/mol. The molecule has 0 saturated heterocycles. The second-order valence-corrected chi connectivity index (χ2v) is 11.8. The maximum Gasteiger partial charge on any atom is 0.0843 e. The van der Waals surface area contributed by atoms with Crippen LogP contribution in [-0.4, -0.2) is 9.52 Å². The van der Waals surface area contributed by atoms with Gasteiger partial charge in [0.2, 0.25) is 0 Å². The molecule has 1 unspecified atom stereocenters. The molecule has 1 aliphatic carbocycles. The second kappa shape index (κ2) is 8.71. The van der Waals surface area contributed by atoms with Crippen molar-refractivity contribution in [2.75, 3.05) is 0 Å². The SMILES string of the molecule is CC1=C(C)C(C)C([SiH2]c2cccc(-c3cc(C)cc(C)c3)c2-c2cc(C)cc(C)c2)=C1C. The van der Waals surface area contributed by atoms with Crippen molar-refractivity contribution in [1.82, 2.24) is 0 Å². The molecule has 0 aromatic heterocycles. The lowest BCUT2D eigenvalue weighted by atomic mass is 9.91. The van der Waals surface area contributed by atoms with Crippen molar-refractivity contribution >= 4 is 14.7 Å². The fourth-order valence-corrected chi connectivity index (χ4v) is 7.89. The summed E-state index contributed by atoms with van der Waals surface area (Å²) in [5.41, 5.74) is 15.5. The molecule has 0 bridgehead atoms. The van der Waals surface area contributed by atoms with Crippen LogP contribution in [0.25, 0.3) is 22.3 Å². The predicted octanol–water partition coefficient (Wildman–Crippen LogP) is 7.31. The Hall–Kier alpha value is -2.64. The van der Waals surface area contributed by atoms with Gasteiger partial charge in [-0.1, -0.05) is 105 Å². The molecule has 0 nitrogen and oxygen atoms in total. The van der Waals surface area contributed by atoms with Gasteiger partial charge in [0.25, 0.3) is 0 Å². The van der Waals surface area contributed by atoms with Crippen molar-refractivity contribution in [2.24, 2.45) is 5.92 Å². The monoisotopic (exact) mass is 436 g/mol. The molecule has 1 atom stereocenters. The zero-order valence-electron chi connectivity index (χ0n) is 21.0. The standard InChI is InChI=1S/C31H36Si/c1-18-12-19(2)15-26(14-18)28-10-9-11-29(30(28)27-16-20(3)13-21(4)17-27)32-31-24(7)22(5)23(6)25(31)8/h9-17,24H,32H2,1-8H3. The van der Waals surface area contributed by atoms with Gasteiger partial charge < -0.3 is 0 Å². The van der Waals surface area contributed by atoms with E-state index in [1.807, 2.05) is 0 Å². The van der Waals surface area contributed by atoms with Crippen LogP contribution < -0.4 is 5.19 Å². The van der Waals surface area contributed by atoms with Crippen LogP contribution in [0.3, 0.4) is 0 Å². The zero-order valence-corrected chi connectivity index (χ0v) is 22.4. The number of benzene rings is 3. The van der Waals surface area contributed by atoms with E-state index in [2.05, 4.69) is 110 Å². The van der Waals surface area contributed by atoms with Crippen LogP contribution in [0, 0.1) is 33.6 Å². The van der Waals surface area contributed by atoms with Crippen molar-refractivity contribution in [3.05, 3.63) is 98.8 Å². The van der Waals surface area contributed by atoms with Crippen LogP contribution in [0.2, 0.25) is 0 Å². The largest absolute Gasteiger partial charge is 0.0843 e. The quantitative estimate of drug-likeness (QED) is 0.376. The van der Waals surface area contributed by atoms with Gasteiger partial charge in [0.05, 0.1) is 9.52 Å². The number of aryl methyl sites for hydroxylation is 4. The second-order valence-electron chi connectivity index (χ2n) is 9.95. The minimum atomic E-state index is -0.598. The van der Waals surface area contributed by atoms with E-state index in [1.165, 1.54) is 50.1 Å². The van der Waals surface area contributed by atoms with E-state index in [4.69, 9.17) is 0 Å². The number of hydrogen-bond donors (Lipinski definition) is 0. The van der Waals surface area contributed by atoms with E-state index in [9.17, 15) is 0 Å². The number of hydrogen-bond acceptors (Lipinski definition) is 0. The van der Waals surface area contributed by atoms with Crippen LogP contribution in [0.5, 0.6) is 0 Å². The van der Waals surface area contributed by atoms with Crippen molar-refractivity contribution < 1.29 is 0 Å². The normalized spacial score (nSPS) is 16.7. The maximum absolute atomic E-state index is 2.40. The maximum atomic E-state index is 2.40. The van der Waals surface area contributed by atoms with Crippen molar-refractivity contribution in [1.29, 1.82) is 0 Å². The Labute approximate surface area is 196 Å². The Morgan fingerprint density at radius 3 is 1.66 bits per heavy atom. The predicted molar refractivity (Wildman–Crippen MR) is 145 cm³/mol. The molecule has 3 aromatic carbocycles. The molecule has 1 aliphatic rings. The first-order valence-electron chi connectivity index (χ1n) is 11.8. The van der Waals surface area contributed by atoms with Crippen molar-refractivity contribution in [3.8, 4) is 22.3 Å². The van der Waals surface area contributed by atoms with E-state index in [-0.39, 0.29) is 0 Å². The van der Waals surface area contributed by atoms with Crippen LogP contribution in [0.4, 0.5) is 0 Å². The molecule has 0 saturated carbocycles. The first-order valence-corrected chi connectivity index (χ1v) is 13.2. The summed E-state index contributed by atoms with van der Waals surface area (Å²) < 4.78 is 0. The fourth-order valence-electron chi connectivity index (χ4n) is 5.52. The molecule has 0 amide bonds. The van der Waals surface area contributed by atoms with E-state index < -0.39 is 9.52 Å². The van der Waals surface area contributed by atoms with Gasteiger partial charge in [0.1, 0.15) is 0 Å². The molecule has 32 heavy (non-hydrogen) atoms. The van der Waals surface area contributed by atoms with Gasteiger partial charge >= 0.3 is 0 Å². The Kier molecular flexibility index (Phi) is 6.14. The smallest absolute Gasteiger partial charge is 0.0727 e. The average molecular weight is 437 g/mol. The summed E-state index contributed by atoms with van der Waals surface area (Å²) in [6.07, 6.45) is 0. The van der Waals surface area contributed by atoms with E-state index in [0.29, 0.717) is 5.92 Å². The zero-order chi connectivity index (χ0) is 23.2. The minimum Gasteiger partial charge on any atom is -0.0727 e. The third-order valence-corrected chi connectivity index (χ3v) is 9.88. The van der Waals surface area contributed by atoms with Crippen LogP contribution in [-0.2, 0) is 0 Å². The van der Waals surface area contributed by atoms with Crippen LogP contribution in [0.15, 0.2) is 76.5 Å². The molecular formula is C31H36Si. The first kappa shape index (κ1) is 22.5. The van der Waals surface area contributed by atoms with E-state index in [0.717, 1.165) is 0 Å². The summed E-state index contributed by atoms with van der Waals surface area (Å²) in [4.78, 5) is 0. The third-order valence-electron chi connectivity index (χ3n) is 7.38. The number of rotatable bonds is 4. The van der Waals surface area contributed by atoms with Crippen LogP contribution >= 0.6 is 0 Å². The summed E-state index contributed by atoms with van der Waals surface area (Å²) in [6.45, 7) is 18.2. The van der Waals surface area contributed by atoms with E-state index in [1.54, 1.807) is 21.5 Å². The van der Waals surface area contributed by atoms with Crippen molar-refractivity contribution in [3.63, 3.8) is 0 Å². The molecule has 0 N–H and O–H groups in total. The van der Waals surface area contributed by atoms with Gasteiger partial charge in [-0.25, -0.2) is 0 Å². The summed E-state index contributed by atoms with van der Waals surface area (Å²) in [7, 11) is -0.598. The Bertz CT molecular complexity index is 1230. The van der Waals surface area contributed by atoms with Gasteiger partial charge in [-0.3, -0.25) is 0 Å². The molecule has 3 aromatic rings. The lowest BCUT2D eigenvalue weighted by Crippen LogP contribution is -2.23. The molecule has 0 spiro atoms. The Balaban J connectivity index is 1.95. The van der Waals surface area contributed by atoms with Crippen molar-refractivity contribution in [2.45, 2.75) is 55.4 Å². The fraction of sp³-hybridized carbons (Fsp3) is 0.290. The average Bonchev–Trinajstić information content (AvgIpc) is 2.90. The minimum absolute atomic E-state index is 0.582. The highest BCUT2D eigenvalue weighted by molar-refractivity contribution is 6.63. The molecule has 0 aliphatic heterocycles. The Morgan fingerprint density at radius 1 is 0.625 bits per heavy atom. The van der Waals surface area contributed by atoms with Gasteiger partial charge in [-0.2, -0.15) is 0 Å². The highest BCUT2D eigenvalue weighted by Crippen LogP contribution is 2.37. The van der Waals surface area contributed by atoms with Gasteiger partial charge in [-0.15, -0.1) is 0 Å².